The fourth-order valence-corrected chi connectivity index (χ4v) is 3.77. The number of hydrogen-bond acceptors (Lipinski definition) is 5. The number of rotatable bonds is 8. The van der Waals surface area contributed by atoms with Crippen LogP contribution in [0.3, 0.4) is 0 Å². The van der Waals surface area contributed by atoms with Gasteiger partial charge in [-0.3, -0.25) is 4.79 Å². The summed E-state index contributed by atoms with van der Waals surface area (Å²) < 4.78 is 55.2. The zero-order chi connectivity index (χ0) is 23.3. The lowest BCUT2D eigenvalue weighted by atomic mass is 10.0. The van der Waals surface area contributed by atoms with E-state index in [2.05, 4.69) is 10.1 Å². The zero-order valence-corrected chi connectivity index (χ0v) is 17.4. The minimum absolute atomic E-state index is 0.284. The number of halogens is 4. The fourth-order valence-electron chi connectivity index (χ4n) is 2.91. The Morgan fingerprint density at radius 1 is 1.06 bits per heavy atom. The van der Waals surface area contributed by atoms with Crippen LogP contribution in [0.4, 0.5) is 17.6 Å². The molecule has 0 radical (unpaired) electrons. The van der Waals surface area contributed by atoms with Crippen molar-refractivity contribution in [1.29, 1.82) is 0 Å². The molecule has 1 heterocycles. The monoisotopic (exact) mass is 466 g/mol. The maximum atomic E-state index is 13.2. The molecule has 3 rings (SSSR count). The number of amides is 1. The molecule has 0 saturated carbocycles. The minimum Gasteiger partial charge on any atom is -0.419 e. The molecule has 0 aliphatic carbocycles. The van der Waals surface area contributed by atoms with Gasteiger partial charge in [-0.15, -0.1) is 11.3 Å². The van der Waals surface area contributed by atoms with Crippen LogP contribution in [0.25, 0.3) is 11.1 Å². The van der Waals surface area contributed by atoms with E-state index in [1.807, 2.05) is 12.1 Å². The highest BCUT2D eigenvalue weighted by Crippen LogP contribution is 2.31. The maximum Gasteiger partial charge on any atom is 0.491 e. The van der Waals surface area contributed by atoms with Gasteiger partial charge in [-0.05, 0) is 65.4 Å². The first-order valence-electron chi connectivity index (χ1n) is 9.39. The van der Waals surface area contributed by atoms with Gasteiger partial charge >= 0.3 is 12.1 Å². The lowest BCUT2D eigenvalue weighted by Gasteiger charge is -2.11. The Balaban J connectivity index is 1.67. The van der Waals surface area contributed by atoms with Crippen molar-refractivity contribution in [2.45, 2.75) is 19.1 Å². The summed E-state index contributed by atoms with van der Waals surface area (Å²) in [6.45, 7) is 1.16. The van der Waals surface area contributed by atoms with E-state index < -0.39 is 23.8 Å². The van der Waals surface area contributed by atoms with Gasteiger partial charge in [0.25, 0.3) is 5.91 Å². The molecular formula is C22H18F4N2O3S. The van der Waals surface area contributed by atoms with Gasteiger partial charge in [0.15, 0.2) is 0 Å². The highest BCUT2D eigenvalue weighted by Gasteiger charge is 2.41. The summed E-state index contributed by atoms with van der Waals surface area (Å²) in [6.07, 6.45) is -4.56. The number of primary amides is 1. The number of carbonyl (C=O) groups is 2. The molecule has 1 aromatic heterocycles. The molecule has 0 atom stereocenters. The Bertz CT molecular complexity index is 1130. The van der Waals surface area contributed by atoms with Crippen LogP contribution in [0.5, 0.6) is 5.75 Å². The van der Waals surface area contributed by atoms with E-state index in [1.165, 1.54) is 41.7 Å². The number of nitrogens with two attached hydrogens (primary N) is 1. The van der Waals surface area contributed by atoms with Crippen molar-refractivity contribution in [2.75, 3.05) is 6.54 Å². The Labute approximate surface area is 184 Å². The first-order valence-corrected chi connectivity index (χ1v) is 10.3. The molecule has 168 valence electrons. The van der Waals surface area contributed by atoms with Crippen LogP contribution < -0.4 is 15.8 Å². The predicted octanol–water partition coefficient (Wildman–Crippen LogP) is 4.45. The van der Waals surface area contributed by atoms with Gasteiger partial charge < -0.3 is 15.8 Å². The third-order valence-electron chi connectivity index (χ3n) is 4.45. The van der Waals surface area contributed by atoms with Crippen LogP contribution in [-0.2, 0) is 17.8 Å². The van der Waals surface area contributed by atoms with E-state index in [0.29, 0.717) is 30.6 Å². The molecule has 2 aromatic carbocycles. The second-order valence-electron chi connectivity index (χ2n) is 6.82. The predicted molar refractivity (Wildman–Crippen MR) is 112 cm³/mol. The Hall–Kier alpha value is -3.24. The van der Waals surface area contributed by atoms with Crippen LogP contribution in [0.2, 0.25) is 0 Å². The third kappa shape index (κ3) is 6.14. The summed E-state index contributed by atoms with van der Waals surface area (Å²) in [5.41, 5.74) is 6.85. The molecular weight excluding hydrogens is 448 g/mol. The highest BCUT2D eigenvalue weighted by molar-refractivity contribution is 7.10. The first-order chi connectivity index (χ1) is 15.1. The SMILES string of the molecule is NC(=O)c1ccc(-c2csc(CNCCc3cccc(F)c3)c2)cc1OC(=O)C(F)(F)F. The molecule has 0 aliphatic rings. The number of thiophene rings is 1. The normalized spacial score (nSPS) is 11.4. The van der Waals surface area contributed by atoms with Crippen molar-refractivity contribution in [3.63, 3.8) is 0 Å². The average Bonchev–Trinajstić information content (AvgIpc) is 3.19. The quantitative estimate of drug-likeness (QED) is 0.222. The molecule has 1 amide bonds. The summed E-state index contributed by atoms with van der Waals surface area (Å²) in [6, 6.07) is 12.1. The van der Waals surface area contributed by atoms with E-state index >= 15 is 0 Å². The molecule has 32 heavy (non-hydrogen) atoms. The smallest absolute Gasteiger partial charge is 0.419 e. The molecule has 0 spiro atoms. The standard InChI is InChI=1S/C22H18F4N2O3S/c23-16-3-1-2-13(8-16)6-7-28-11-17-9-15(12-32-17)14-4-5-18(20(27)29)19(10-14)31-21(30)22(24,25)26/h1-5,8-10,12,28H,6-7,11H2,(H2,27,29). The van der Waals surface area contributed by atoms with Crippen LogP contribution in [0.15, 0.2) is 53.9 Å². The van der Waals surface area contributed by atoms with Gasteiger partial charge in [0, 0.05) is 11.4 Å². The van der Waals surface area contributed by atoms with Crippen LogP contribution in [0, 0.1) is 5.82 Å². The molecule has 0 bridgehead atoms. The van der Waals surface area contributed by atoms with Crippen molar-refractivity contribution in [3.8, 4) is 16.9 Å². The average molecular weight is 466 g/mol. The lowest BCUT2D eigenvalue weighted by Crippen LogP contribution is -2.29. The van der Waals surface area contributed by atoms with Gasteiger partial charge in [-0.2, -0.15) is 13.2 Å². The zero-order valence-electron chi connectivity index (χ0n) is 16.5. The van der Waals surface area contributed by atoms with Crippen molar-refractivity contribution in [2.24, 2.45) is 5.73 Å². The fraction of sp³-hybridized carbons (Fsp3) is 0.182. The first kappa shape index (κ1) is 23.4. The van der Waals surface area contributed by atoms with Crippen LogP contribution in [-0.4, -0.2) is 24.6 Å². The number of ether oxygens (including phenoxy) is 1. The van der Waals surface area contributed by atoms with Gasteiger partial charge in [0.2, 0.25) is 0 Å². The lowest BCUT2D eigenvalue weighted by molar-refractivity contribution is -0.189. The number of benzene rings is 2. The third-order valence-corrected chi connectivity index (χ3v) is 5.38. The summed E-state index contributed by atoms with van der Waals surface area (Å²) >= 11 is 1.43. The van der Waals surface area contributed by atoms with Gasteiger partial charge in [-0.25, -0.2) is 9.18 Å². The second-order valence-corrected chi connectivity index (χ2v) is 7.82. The molecule has 0 fully saturated rings. The second kappa shape index (κ2) is 9.92. The van der Waals surface area contributed by atoms with Crippen LogP contribution in [0.1, 0.15) is 20.8 Å². The Morgan fingerprint density at radius 3 is 2.53 bits per heavy atom. The van der Waals surface area contributed by atoms with E-state index in [4.69, 9.17) is 5.73 Å². The number of carbonyl (C=O) groups excluding carboxylic acids is 2. The van der Waals surface area contributed by atoms with E-state index in [0.717, 1.165) is 10.4 Å². The summed E-state index contributed by atoms with van der Waals surface area (Å²) in [7, 11) is 0. The Morgan fingerprint density at radius 2 is 1.84 bits per heavy atom. The van der Waals surface area contributed by atoms with E-state index in [9.17, 15) is 27.2 Å². The summed E-state index contributed by atoms with van der Waals surface area (Å²) in [5.74, 6) is -4.30. The molecule has 3 aromatic rings. The molecule has 0 saturated heterocycles. The van der Waals surface area contributed by atoms with Crippen molar-refractivity contribution >= 4 is 23.2 Å². The van der Waals surface area contributed by atoms with Crippen LogP contribution >= 0.6 is 11.3 Å². The van der Waals surface area contributed by atoms with Gasteiger partial charge in [0.05, 0.1) is 5.56 Å². The van der Waals surface area contributed by atoms with Crippen molar-refractivity contribution < 1.29 is 31.9 Å². The molecule has 0 unspecified atom stereocenters. The molecule has 10 heteroatoms. The van der Waals surface area contributed by atoms with Crippen molar-refractivity contribution in [1.82, 2.24) is 5.32 Å². The molecule has 3 N–H and O–H groups in total. The number of alkyl halides is 3. The van der Waals surface area contributed by atoms with E-state index in [1.54, 1.807) is 11.4 Å². The summed E-state index contributed by atoms with van der Waals surface area (Å²) in [5, 5.41) is 5.03. The van der Waals surface area contributed by atoms with Gasteiger partial charge in [-0.1, -0.05) is 18.2 Å². The molecule has 5 nitrogen and oxygen atoms in total. The van der Waals surface area contributed by atoms with Crippen molar-refractivity contribution in [3.05, 3.63) is 75.7 Å². The largest absolute Gasteiger partial charge is 0.491 e. The maximum absolute atomic E-state index is 13.2. The topological polar surface area (TPSA) is 81.4 Å². The molecule has 0 aliphatic heterocycles. The minimum atomic E-state index is -5.21. The van der Waals surface area contributed by atoms with E-state index in [-0.39, 0.29) is 11.4 Å². The number of nitrogens with one attached hydrogen (secondary N) is 1. The van der Waals surface area contributed by atoms with Gasteiger partial charge in [0.1, 0.15) is 11.6 Å². The highest BCUT2D eigenvalue weighted by atomic mass is 32.1. The Kier molecular flexibility index (Phi) is 7.26. The number of hydrogen-bond donors (Lipinski definition) is 2. The number of esters is 1. The summed E-state index contributed by atoms with van der Waals surface area (Å²) in [4.78, 5) is 23.6.